The van der Waals surface area contributed by atoms with E-state index < -0.39 is 0 Å². The van der Waals surface area contributed by atoms with Crippen LogP contribution in [0.5, 0.6) is 0 Å². The van der Waals surface area contributed by atoms with Crippen LogP contribution in [-0.4, -0.2) is 21.6 Å². The monoisotopic (exact) mass is 417 g/mol. The molecule has 1 aliphatic rings. The van der Waals surface area contributed by atoms with Gasteiger partial charge in [-0.25, -0.2) is 9.97 Å². The van der Waals surface area contributed by atoms with Gasteiger partial charge in [-0.1, -0.05) is 30.3 Å². The van der Waals surface area contributed by atoms with E-state index >= 15 is 0 Å². The van der Waals surface area contributed by atoms with Gasteiger partial charge in [-0.2, -0.15) is 0 Å². The van der Waals surface area contributed by atoms with Gasteiger partial charge in [0.15, 0.2) is 0 Å². The highest BCUT2D eigenvalue weighted by molar-refractivity contribution is 8.00. The quantitative estimate of drug-likeness (QED) is 0.449. The molecule has 4 nitrogen and oxygen atoms in total. The summed E-state index contributed by atoms with van der Waals surface area (Å²) >= 11 is 9.24. The zero-order valence-corrected chi connectivity index (χ0v) is 17.6. The lowest BCUT2D eigenvalue weighted by atomic mass is 9.89. The number of halogens is 1. The molecular formula is C20H20ClN3OS2. The van der Waals surface area contributed by atoms with Gasteiger partial charge >= 0.3 is 0 Å². The number of rotatable bonds is 4. The second-order valence-electron chi connectivity index (χ2n) is 7.01. The van der Waals surface area contributed by atoms with E-state index in [9.17, 15) is 4.79 Å². The van der Waals surface area contributed by atoms with E-state index in [0.717, 1.165) is 45.3 Å². The minimum atomic E-state index is -0.0464. The Labute approximate surface area is 171 Å². The summed E-state index contributed by atoms with van der Waals surface area (Å²) in [5.74, 6) is 0.993. The molecule has 0 fully saturated rings. The maximum absolute atomic E-state index is 12.4. The van der Waals surface area contributed by atoms with Crippen molar-refractivity contribution in [3.8, 4) is 0 Å². The summed E-state index contributed by atoms with van der Waals surface area (Å²) in [5, 5.41) is 5.69. The van der Waals surface area contributed by atoms with Gasteiger partial charge in [-0.3, -0.25) is 4.79 Å². The summed E-state index contributed by atoms with van der Waals surface area (Å²) in [6.45, 7) is 4.24. The van der Waals surface area contributed by atoms with Crippen molar-refractivity contribution < 1.29 is 4.79 Å². The average molecular weight is 418 g/mol. The average Bonchev–Trinajstić information content (AvgIpc) is 3.00. The normalized spacial score (nSPS) is 16.3. The topological polar surface area (TPSA) is 54.9 Å². The van der Waals surface area contributed by atoms with Gasteiger partial charge in [-0.15, -0.1) is 11.3 Å². The van der Waals surface area contributed by atoms with Crippen molar-refractivity contribution in [3.05, 3.63) is 45.6 Å². The van der Waals surface area contributed by atoms with E-state index in [1.54, 1.807) is 23.7 Å². The predicted molar refractivity (Wildman–Crippen MR) is 114 cm³/mol. The van der Waals surface area contributed by atoms with Gasteiger partial charge in [-0.05, 0) is 61.4 Å². The maximum Gasteiger partial charge on any atom is 0.234 e. The molecule has 0 bridgehead atoms. The first-order valence-electron chi connectivity index (χ1n) is 8.95. The van der Waals surface area contributed by atoms with Crippen LogP contribution in [0.4, 0.5) is 5.69 Å². The Kier molecular flexibility index (Phi) is 5.39. The second kappa shape index (κ2) is 7.78. The van der Waals surface area contributed by atoms with Gasteiger partial charge in [0.05, 0.1) is 5.75 Å². The third-order valence-electron chi connectivity index (χ3n) is 4.86. The lowest BCUT2D eigenvalue weighted by molar-refractivity contribution is -0.113. The standard InChI is InChI=1S/C20H20ClN3OS2/c1-11-3-5-14-16(7-11)27-20-18(14)19(22-10-23-20)26-9-17(25)24-15-6-4-13(21)8-12(15)2/h4,6,8,10-11H,3,5,7,9H2,1-2H3,(H,24,25). The molecule has 1 atom stereocenters. The van der Waals surface area contributed by atoms with Crippen molar-refractivity contribution >= 4 is 56.5 Å². The Morgan fingerprint density at radius 2 is 2.26 bits per heavy atom. The van der Waals surface area contributed by atoms with Crippen molar-refractivity contribution in [2.45, 2.75) is 38.1 Å². The third kappa shape index (κ3) is 3.98. The van der Waals surface area contributed by atoms with E-state index in [2.05, 4.69) is 22.2 Å². The van der Waals surface area contributed by atoms with Gasteiger partial charge in [0.2, 0.25) is 5.91 Å². The highest BCUT2D eigenvalue weighted by Gasteiger charge is 2.23. The summed E-state index contributed by atoms with van der Waals surface area (Å²) in [4.78, 5) is 23.8. The van der Waals surface area contributed by atoms with Crippen LogP contribution in [0.1, 0.15) is 29.3 Å². The summed E-state index contributed by atoms with van der Waals surface area (Å²) in [6.07, 6.45) is 5.01. The van der Waals surface area contributed by atoms with Crippen LogP contribution in [0.15, 0.2) is 29.6 Å². The minimum Gasteiger partial charge on any atom is -0.325 e. The summed E-state index contributed by atoms with van der Waals surface area (Å²) in [6, 6.07) is 5.46. The van der Waals surface area contributed by atoms with Gasteiger partial charge in [0, 0.05) is 21.0 Å². The van der Waals surface area contributed by atoms with Crippen LogP contribution in [0.25, 0.3) is 10.2 Å². The Balaban J connectivity index is 1.51. The minimum absolute atomic E-state index is 0.0464. The van der Waals surface area contributed by atoms with E-state index in [1.807, 2.05) is 19.1 Å². The maximum atomic E-state index is 12.4. The molecule has 0 aliphatic heterocycles. The molecule has 1 amide bonds. The number of carbonyl (C=O) groups is 1. The second-order valence-corrected chi connectivity index (χ2v) is 9.49. The lowest BCUT2D eigenvalue weighted by Gasteiger charge is -2.18. The molecule has 2 aromatic heterocycles. The van der Waals surface area contributed by atoms with E-state index in [1.165, 1.54) is 28.6 Å². The molecule has 1 aliphatic carbocycles. The number of nitrogens with zero attached hydrogens (tertiary/aromatic N) is 2. The summed E-state index contributed by atoms with van der Waals surface area (Å²) in [7, 11) is 0. The van der Waals surface area contributed by atoms with E-state index in [-0.39, 0.29) is 5.91 Å². The zero-order valence-electron chi connectivity index (χ0n) is 15.2. The Morgan fingerprint density at radius 1 is 1.41 bits per heavy atom. The fraction of sp³-hybridized carbons (Fsp3) is 0.350. The van der Waals surface area contributed by atoms with E-state index in [0.29, 0.717) is 10.8 Å². The highest BCUT2D eigenvalue weighted by Crippen LogP contribution is 2.40. The van der Waals surface area contributed by atoms with Crippen molar-refractivity contribution in [2.75, 3.05) is 11.1 Å². The number of aromatic nitrogens is 2. The van der Waals surface area contributed by atoms with Crippen LogP contribution in [0.3, 0.4) is 0 Å². The fourth-order valence-electron chi connectivity index (χ4n) is 3.44. The van der Waals surface area contributed by atoms with Crippen LogP contribution >= 0.6 is 34.7 Å². The first kappa shape index (κ1) is 18.7. The molecule has 0 radical (unpaired) electrons. The van der Waals surface area contributed by atoms with Crippen LogP contribution in [-0.2, 0) is 17.6 Å². The number of amides is 1. The number of carbonyl (C=O) groups excluding carboxylic acids is 1. The van der Waals surface area contributed by atoms with Crippen molar-refractivity contribution in [1.82, 2.24) is 9.97 Å². The molecule has 0 spiro atoms. The molecule has 0 saturated carbocycles. The number of fused-ring (bicyclic) bond motifs is 3. The zero-order chi connectivity index (χ0) is 19.0. The molecule has 1 N–H and O–H groups in total. The molecule has 27 heavy (non-hydrogen) atoms. The van der Waals surface area contributed by atoms with E-state index in [4.69, 9.17) is 11.6 Å². The molecule has 0 saturated heterocycles. The largest absolute Gasteiger partial charge is 0.325 e. The Morgan fingerprint density at radius 3 is 3.07 bits per heavy atom. The first-order chi connectivity index (χ1) is 13.0. The molecule has 7 heteroatoms. The number of hydrogen-bond acceptors (Lipinski definition) is 5. The molecule has 140 valence electrons. The number of benzene rings is 1. The fourth-order valence-corrected chi connectivity index (χ4v) is 5.91. The van der Waals surface area contributed by atoms with Crippen LogP contribution in [0.2, 0.25) is 5.02 Å². The number of hydrogen-bond donors (Lipinski definition) is 1. The Hall–Kier alpha value is -1.63. The van der Waals surface area contributed by atoms with Gasteiger partial charge in [0.25, 0.3) is 0 Å². The molecule has 3 aromatic rings. The van der Waals surface area contributed by atoms with Crippen molar-refractivity contribution in [1.29, 1.82) is 0 Å². The molecule has 1 unspecified atom stereocenters. The number of anilines is 1. The Bertz CT molecular complexity index is 1020. The highest BCUT2D eigenvalue weighted by atomic mass is 35.5. The molecule has 2 heterocycles. The first-order valence-corrected chi connectivity index (χ1v) is 11.1. The number of aryl methyl sites for hydroxylation is 2. The molecular weight excluding hydrogens is 398 g/mol. The summed E-state index contributed by atoms with van der Waals surface area (Å²) in [5.41, 5.74) is 3.14. The predicted octanol–water partition coefficient (Wildman–Crippen LogP) is 5.51. The van der Waals surface area contributed by atoms with Crippen molar-refractivity contribution in [3.63, 3.8) is 0 Å². The molecule has 4 rings (SSSR count). The summed E-state index contributed by atoms with van der Waals surface area (Å²) < 4.78 is 0. The van der Waals surface area contributed by atoms with Crippen LogP contribution < -0.4 is 5.32 Å². The lowest BCUT2D eigenvalue weighted by Crippen LogP contribution is -2.15. The SMILES string of the molecule is Cc1cc(Cl)ccc1NC(=O)CSc1ncnc2sc3c(c12)CCC(C)C3. The third-order valence-corrected chi connectivity index (χ3v) is 7.25. The molecule has 1 aromatic carbocycles. The van der Waals surface area contributed by atoms with Crippen molar-refractivity contribution in [2.24, 2.45) is 5.92 Å². The smallest absolute Gasteiger partial charge is 0.234 e. The number of thioether (sulfide) groups is 1. The van der Waals surface area contributed by atoms with Gasteiger partial charge < -0.3 is 5.32 Å². The number of nitrogens with one attached hydrogen (secondary N) is 1. The number of thiophene rings is 1. The van der Waals surface area contributed by atoms with Crippen LogP contribution in [0, 0.1) is 12.8 Å². The van der Waals surface area contributed by atoms with Gasteiger partial charge in [0.1, 0.15) is 16.2 Å².